The SMILES string of the molecule is CC(C)Oc1ccc(Nc2ccc(C(N)=S)c(F)c2)cc1. The molecule has 0 bridgehead atoms. The van der Waals surface area contributed by atoms with Gasteiger partial charge in [0.15, 0.2) is 0 Å². The molecule has 0 aliphatic carbocycles. The molecular weight excluding hydrogens is 287 g/mol. The Morgan fingerprint density at radius 1 is 1.14 bits per heavy atom. The fourth-order valence-corrected chi connectivity index (χ4v) is 2.01. The van der Waals surface area contributed by atoms with Crippen molar-refractivity contribution >= 4 is 28.6 Å². The molecule has 21 heavy (non-hydrogen) atoms. The summed E-state index contributed by atoms with van der Waals surface area (Å²) < 4.78 is 19.3. The Morgan fingerprint density at radius 3 is 2.29 bits per heavy atom. The third kappa shape index (κ3) is 4.16. The number of thiocarbonyl (C=S) groups is 1. The van der Waals surface area contributed by atoms with Crippen LogP contribution < -0.4 is 15.8 Å². The van der Waals surface area contributed by atoms with E-state index in [0.29, 0.717) is 5.69 Å². The molecule has 0 atom stereocenters. The van der Waals surface area contributed by atoms with E-state index >= 15 is 0 Å². The molecule has 0 saturated carbocycles. The van der Waals surface area contributed by atoms with E-state index in [0.717, 1.165) is 11.4 Å². The highest BCUT2D eigenvalue weighted by Gasteiger charge is 2.06. The highest BCUT2D eigenvalue weighted by molar-refractivity contribution is 7.80. The molecule has 0 amide bonds. The number of nitrogens with one attached hydrogen (secondary N) is 1. The standard InChI is InChI=1S/C16H17FN2OS/c1-10(2)20-13-6-3-11(4-7-13)19-12-5-8-14(16(18)21)15(17)9-12/h3-10,19H,1-2H3,(H2,18,21). The first-order valence-electron chi connectivity index (χ1n) is 6.59. The number of nitrogens with two attached hydrogens (primary N) is 1. The van der Waals surface area contributed by atoms with Gasteiger partial charge in [0.25, 0.3) is 0 Å². The smallest absolute Gasteiger partial charge is 0.135 e. The number of benzene rings is 2. The molecule has 3 nitrogen and oxygen atoms in total. The molecule has 0 unspecified atom stereocenters. The summed E-state index contributed by atoms with van der Waals surface area (Å²) in [5.74, 6) is 0.359. The van der Waals surface area contributed by atoms with E-state index in [1.807, 2.05) is 38.1 Å². The molecular formula is C16H17FN2OS. The number of hydrogen-bond acceptors (Lipinski definition) is 3. The Labute approximate surface area is 128 Å². The minimum absolute atomic E-state index is 0.0502. The van der Waals surface area contributed by atoms with Crippen molar-refractivity contribution in [1.82, 2.24) is 0 Å². The van der Waals surface area contributed by atoms with E-state index in [9.17, 15) is 4.39 Å². The Bertz CT molecular complexity index is 641. The van der Waals surface area contributed by atoms with E-state index in [2.05, 4.69) is 5.32 Å². The second kappa shape index (κ2) is 6.54. The van der Waals surface area contributed by atoms with Gasteiger partial charge in [0, 0.05) is 16.9 Å². The van der Waals surface area contributed by atoms with Gasteiger partial charge in [-0.25, -0.2) is 4.39 Å². The molecule has 0 heterocycles. The van der Waals surface area contributed by atoms with Crippen LogP contribution in [0.5, 0.6) is 5.75 Å². The van der Waals surface area contributed by atoms with Gasteiger partial charge in [-0.1, -0.05) is 12.2 Å². The van der Waals surface area contributed by atoms with Crippen molar-refractivity contribution in [1.29, 1.82) is 0 Å². The van der Waals surface area contributed by atoms with Crippen LogP contribution in [0.2, 0.25) is 0 Å². The van der Waals surface area contributed by atoms with Crippen LogP contribution in [0.3, 0.4) is 0 Å². The molecule has 2 aromatic carbocycles. The zero-order chi connectivity index (χ0) is 15.4. The predicted molar refractivity (Wildman–Crippen MR) is 87.8 cm³/mol. The van der Waals surface area contributed by atoms with E-state index < -0.39 is 5.82 Å². The molecule has 0 fully saturated rings. The van der Waals surface area contributed by atoms with Crippen molar-refractivity contribution in [3.8, 4) is 5.75 Å². The molecule has 0 aromatic heterocycles. The largest absolute Gasteiger partial charge is 0.491 e. The summed E-state index contributed by atoms with van der Waals surface area (Å²) in [7, 11) is 0. The molecule has 0 aliphatic rings. The second-order valence-electron chi connectivity index (χ2n) is 4.87. The molecule has 2 aromatic rings. The van der Waals surface area contributed by atoms with Crippen molar-refractivity contribution in [2.24, 2.45) is 5.73 Å². The lowest BCUT2D eigenvalue weighted by Crippen LogP contribution is -2.11. The lowest BCUT2D eigenvalue weighted by molar-refractivity contribution is 0.242. The second-order valence-corrected chi connectivity index (χ2v) is 5.31. The van der Waals surface area contributed by atoms with Crippen LogP contribution in [0.4, 0.5) is 15.8 Å². The highest BCUT2D eigenvalue weighted by Crippen LogP contribution is 2.22. The Balaban J connectivity index is 2.11. The number of rotatable bonds is 5. The minimum atomic E-state index is -0.438. The number of anilines is 2. The van der Waals surface area contributed by atoms with Crippen LogP contribution in [-0.4, -0.2) is 11.1 Å². The number of ether oxygens (including phenoxy) is 1. The normalized spacial score (nSPS) is 10.5. The summed E-state index contributed by atoms with van der Waals surface area (Å²) in [6.45, 7) is 3.94. The van der Waals surface area contributed by atoms with Gasteiger partial charge in [-0.3, -0.25) is 0 Å². The average Bonchev–Trinajstić information content (AvgIpc) is 2.40. The van der Waals surface area contributed by atoms with E-state index in [4.69, 9.17) is 22.7 Å². The zero-order valence-corrected chi connectivity index (χ0v) is 12.7. The summed E-state index contributed by atoms with van der Waals surface area (Å²) in [6, 6.07) is 12.1. The quantitative estimate of drug-likeness (QED) is 0.820. The number of hydrogen-bond donors (Lipinski definition) is 2. The van der Waals surface area contributed by atoms with E-state index in [1.54, 1.807) is 12.1 Å². The maximum atomic E-state index is 13.8. The van der Waals surface area contributed by atoms with Crippen molar-refractivity contribution < 1.29 is 9.13 Å². The summed E-state index contributed by atoms with van der Waals surface area (Å²) in [5.41, 5.74) is 7.15. The van der Waals surface area contributed by atoms with E-state index in [1.165, 1.54) is 6.07 Å². The van der Waals surface area contributed by atoms with Gasteiger partial charge >= 0.3 is 0 Å². The van der Waals surface area contributed by atoms with Crippen molar-refractivity contribution in [3.63, 3.8) is 0 Å². The third-order valence-electron chi connectivity index (χ3n) is 2.75. The summed E-state index contributed by atoms with van der Waals surface area (Å²) >= 11 is 4.77. The van der Waals surface area contributed by atoms with Crippen molar-refractivity contribution in [3.05, 3.63) is 53.8 Å². The van der Waals surface area contributed by atoms with Crippen LogP contribution in [0.25, 0.3) is 0 Å². The highest BCUT2D eigenvalue weighted by atomic mass is 32.1. The molecule has 0 aliphatic heterocycles. The summed E-state index contributed by atoms with van der Waals surface area (Å²) in [4.78, 5) is 0.0502. The van der Waals surface area contributed by atoms with Gasteiger partial charge in [0.1, 0.15) is 16.6 Å². The monoisotopic (exact) mass is 304 g/mol. The number of halogens is 1. The topological polar surface area (TPSA) is 47.3 Å². The molecule has 0 radical (unpaired) electrons. The van der Waals surface area contributed by atoms with Gasteiger partial charge in [-0.2, -0.15) is 0 Å². The molecule has 3 N–H and O–H groups in total. The molecule has 110 valence electrons. The Hall–Kier alpha value is -2.14. The van der Waals surface area contributed by atoms with Crippen LogP contribution in [0.15, 0.2) is 42.5 Å². The van der Waals surface area contributed by atoms with Gasteiger partial charge in [0.05, 0.1) is 6.10 Å². The fourth-order valence-electron chi connectivity index (χ4n) is 1.85. The minimum Gasteiger partial charge on any atom is -0.491 e. The first-order valence-corrected chi connectivity index (χ1v) is 6.99. The summed E-state index contributed by atoms with van der Waals surface area (Å²) in [6.07, 6.45) is 0.130. The first-order chi connectivity index (χ1) is 9.95. The maximum absolute atomic E-state index is 13.8. The van der Waals surface area contributed by atoms with Crippen molar-refractivity contribution in [2.75, 3.05) is 5.32 Å². The maximum Gasteiger partial charge on any atom is 0.135 e. The van der Waals surface area contributed by atoms with Crippen LogP contribution in [0.1, 0.15) is 19.4 Å². The Morgan fingerprint density at radius 2 is 1.76 bits per heavy atom. The van der Waals surface area contributed by atoms with Crippen LogP contribution in [0, 0.1) is 5.82 Å². The lowest BCUT2D eigenvalue weighted by Gasteiger charge is -2.11. The predicted octanol–water partition coefficient (Wildman–Crippen LogP) is 3.99. The van der Waals surface area contributed by atoms with Gasteiger partial charge in [0.2, 0.25) is 0 Å². The van der Waals surface area contributed by atoms with Crippen LogP contribution >= 0.6 is 12.2 Å². The molecule has 0 saturated heterocycles. The first kappa shape index (κ1) is 15.3. The van der Waals surface area contributed by atoms with Gasteiger partial charge in [-0.05, 0) is 56.3 Å². The summed E-state index contributed by atoms with van der Waals surface area (Å²) in [5, 5.41) is 3.11. The van der Waals surface area contributed by atoms with Crippen molar-refractivity contribution in [2.45, 2.75) is 20.0 Å². The van der Waals surface area contributed by atoms with E-state index in [-0.39, 0.29) is 16.7 Å². The third-order valence-corrected chi connectivity index (χ3v) is 2.97. The molecule has 5 heteroatoms. The van der Waals surface area contributed by atoms with Gasteiger partial charge < -0.3 is 15.8 Å². The fraction of sp³-hybridized carbons (Fsp3) is 0.188. The molecule has 2 rings (SSSR count). The molecule has 0 spiro atoms. The van der Waals surface area contributed by atoms with Gasteiger partial charge in [-0.15, -0.1) is 0 Å². The lowest BCUT2D eigenvalue weighted by atomic mass is 10.2. The average molecular weight is 304 g/mol. The Kier molecular flexibility index (Phi) is 4.75. The van der Waals surface area contributed by atoms with Crippen LogP contribution in [-0.2, 0) is 0 Å². The zero-order valence-electron chi connectivity index (χ0n) is 11.9.